The van der Waals surface area contributed by atoms with Crippen LogP contribution in [0.15, 0.2) is 0 Å². The molecule has 0 radical (unpaired) electrons. The van der Waals surface area contributed by atoms with Gasteiger partial charge < -0.3 is 10.1 Å². The largest absolute Gasteiger partial charge is 0.385 e. The van der Waals surface area contributed by atoms with E-state index in [1.165, 1.54) is 15.6 Å². The smallest absolute Gasteiger partial charge is 0.0932 e. The summed E-state index contributed by atoms with van der Waals surface area (Å²) in [5.74, 6) is 0.510. The average Bonchev–Trinajstić information content (AvgIpc) is 2.62. The molecule has 0 aliphatic rings. The van der Waals surface area contributed by atoms with Gasteiger partial charge in [-0.05, 0) is 19.4 Å². The Bertz CT molecular complexity index is 310. The quantitative estimate of drug-likeness (QED) is 0.746. The Morgan fingerprint density at radius 1 is 1.44 bits per heavy atom. The Kier molecular flexibility index (Phi) is 5.95. The lowest BCUT2D eigenvalue weighted by molar-refractivity contribution is 0.195. The van der Waals surface area contributed by atoms with Gasteiger partial charge in [0.05, 0.1) is 10.7 Å². The number of methoxy groups -OCH3 is 1. The molecule has 0 atom stereocenters. The maximum Gasteiger partial charge on any atom is 0.0932 e. The maximum absolute atomic E-state index is 5.06. The molecule has 0 saturated carbocycles. The lowest BCUT2D eigenvalue weighted by atomic mass is 10.1. The summed E-state index contributed by atoms with van der Waals surface area (Å²) in [4.78, 5) is 6.10. The molecule has 0 amide bonds. The van der Waals surface area contributed by atoms with Crippen molar-refractivity contribution in [3.63, 3.8) is 0 Å². The predicted octanol–water partition coefficient (Wildman–Crippen LogP) is 2.56. The van der Waals surface area contributed by atoms with Crippen molar-refractivity contribution in [3.8, 4) is 0 Å². The van der Waals surface area contributed by atoms with Crippen molar-refractivity contribution in [1.82, 2.24) is 10.3 Å². The van der Waals surface area contributed by atoms with Crippen LogP contribution < -0.4 is 5.32 Å². The standard InChI is InChI=1S/C12H22N2OS/c1-9(2)12-10(8-13-3)16-11(14-12)6-5-7-15-4/h9,13H,5-8H2,1-4H3. The Labute approximate surface area is 102 Å². The lowest BCUT2D eigenvalue weighted by Crippen LogP contribution is -2.06. The number of ether oxygens (including phenoxy) is 1. The van der Waals surface area contributed by atoms with Crippen molar-refractivity contribution in [2.45, 2.75) is 39.2 Å². The highest BCUT2D eigenvalue weighted by atomic mass is 32.1. The molecule has 0 spiro atoms. The number of aromatic nitrogens is 1. The number of hydrogen-bond acceptors (Lipinski definition) is 4. The van der Waals surface area contributed by atoms with Gasteiger partial charge in [0.25, 0.3) is 0 Å². The van der Waals surface area contributed by atoms with Gasteiger partial charge in [0.15, 0.2) is 0 Å². The van der Waals surface area contributed by atoms with Crippen LogP contribution in [0.4, 0.5) is 0 Å². The van der Waals surface area contributed by atoms with Gasteiger partial charge in [0.2, 0.25) is 0 Å². The third-order valence-corrected chi connectivity index (χ3v) is 3.53. The minimum atomic E-state index is 0.510. The fourth-order valence-electron chi connectivity index (χ4n) is 1.63. The average molecular weight is 242 g/mol. The van der Waals surface area contributed by atoms with E-state index in [1.54, 1.807) is 7.11 Å². The molecular formula is C12H22N2OS. The van der Waals surface area contributed by atoms with E-state index < -0.39 is 0 Å². The zero-order valence-corrected chi connectivity index (χ0v) is 11.5. The summed E-state index contributed by atoms with van der Waals surface area (Å²) < 4.78 is 5.06. The van der Waals surface area contributed by atoms with Crippen molar-refractivity contribution < 1.29 is 4.74 Å². The molecule has 0 aliphatic carbocycles. The zero-order chi connectivity index (χ0) is 12.0. The van der Waals surface area contributed by atoms with Crippen molar-refractivity contribution >= 4 is 11.3 Å². The van der Waals surface area contributed by atoms with Crippen molar-refractivity contribution in [1.29, 1.82) is 0 Å². The second-order valence-electron chi connectivity index (χ2n) is 4.20. The lowest BCUT2D eigenvalue weighted by Gasteiger charge is -2.03. The first-order valence-corrected chi connectivity index (χ1v) is 6.62. The Morgan fingerprint density at radius 2 is 2.19 bits per heavy atom. The third kappa shape index (κ3) is 3.85. The van der Waals surface area contributed by atoms with Crippen LogP contribution in [-0.4, -0.2) is 25.7 Å². The van der Waals surface area contributed by atoms with Crippen molar-refractivity contribution in [3.05, 3.63) is 15.6 Å². The van der Waals surface area contributed by atoms with Crippen LogP contribution in [0.1, 0.15) is 41.8 Å². The number of hydrogen-bond donors (Lipinski definition) is 1. The molecule has 1 N–H and O–H groups in total. The Morgan fingerprint density at radius 3 is 2.75 bits per heavy atom. The van der Waals surface area contributed by atoms with Gasteiger partial charge in [0, 0.05) is 31.6 Å². The fourth-order valence-corrected chi connectivity index (χ4v) is 2.90. The highest BCUT2D eigenvalue weighted by Crippen LogP contribution is 2.25. The van der Waals surface area contributed by atoms with Gasteiger partial charge >= 0.3 is 0 Å². The van der Waals surface area contributed by atoms with Crippen LogP contribution >= 0.6 is 11.3 Å². The molecule has 1 aromatic heterocycles. The van der Waals surface area contributed by atoms with E-state index in [2.05, 4.69) is 19.2 Å². The molecule has 0 aliphatic heterocycles. The molecule has 1 aromatic rings. The molecule has 1 heterocycles. The van der Waals surface area contributed by atoms with E-state index in [4.69, 9.17) is 9.72 Å². The SMILES string of the molecule is CNCc1sc(CCCOC)nc1C(C)C. The molecule has 0 aromatic carbocycles. The Balaban J connectivity index is 2.68. The molecule has 4 heteroatoms. The molecule has 0 fully saturated rings. The maximum atomic E-state index is 5.06. The summed E-state index contributed by atoms with van der Waals surface area (Å²) in [5, 5.41) is 4.45. The van der Waals surface area contributed by atoms with Gasteiger partial charge in [-0.3, -0.25) is 0 Å². The number of aryl methyl sites for hydroxylation is 1. The van der Waals surface area contributed by atoms with Crippen LogP contribution in [-0.2, 0) is 17.7 Å². The zero-order valence-electron chi connectivity index (χ0n) is 10.7. The first-order valence-electron chi connectivity index (χ1n) is 5.81. The van der Waals surface area contributed by atoms with Crippen LogP contribution in [0, 0.1) is 0 Å². The number of nitrogens with one attached hydrogen (secondary N) is 1. The van der Waals surface area contributed by atoms with Crippen molar-refractivity contribution in [2.75, 3.05) is 20.8 Å². The van der Waals surface area contributed by atoms with E-state index in [0.717, 1.165) is 26.0 Å². The Hall–Kier alpha value is -0.450. The van der Waals surface area contributed by atoms with Crippen molar-refractivity contribution in [2.24, 2.45) is 0 Å². The van der Waals surface area contributed by atoms with Crippen LogP contribution in [0.5, 0.6) is 0 Å². The van der Waals surface area contributed by atoms with E-state index in [9.17, 15) is 0 Å². The number of rotatable bonds is 7. The highest BCUT2D eigenvalue weighted by molar-refractivity contribution is 7.11. The van der Waals surface area contributed by atoms with Gasteiger partial charge in [-0.1, -0.05) is 13.8 Å². The normalized spacial score (nSPS) is 11.3. The van der Waals surface area contributed by atoms with E-state index in [-0.39, 0.29) is 0 Å². The van der Waals surface area contributed by atoms with Gasteiger partial charge in [-0.15, -0.1) is 11.3 Å². The summed E-state index contributed by atoms with van der Waals surface area (Å²) in [6.45, 7) is 6.15. The minimum absolute atomic E-state index is 0.510. The fraction of sp³-hybridized carbons (Fsp3) is 0.750. The molecule has 0 saturated heterocycles. The monoisotopic (exact) mass is 242 g/mol. The minimum Gasteiger partial charge on any atom is -0.385 e. The van der Waals surface area contributed by atoms with E-state index in [1.807, 2.05) is 18.4 Å². The highest BCUT2D eigenvalue weighted by Gasteiger charge is 2.13. The molecular weight excluding hydrogens is 220 g/mol. The summed E-state index contributed by atoms with van der Waals surface area (Å²) in [5.41, 5.74) is 1.26. The summed E-state index contributed by atoms with van der Waals surface area (Å²) in [7, 11) is 3.72. The van der Waals surface area contributed by atoms with Crippen LogP contribution in [0.25, 0.3) is 0 Å². The predicted molar refractivity (Wildman–Crippen MR) is 69.2 cm³/mol. The molecule has 92 valence electrons. The number of nitrogens with zero attached hydrogens (tertiary/aromatic N) is 1. The first-order chi connectivity index (χ1) is 7.69. The first kappa shape index (κ1) is 13.6. The molecule has 16 heavy (non-hydrogen) atoms. The topological polar surface area (TPSA) is 34.1 Å². The molecule has 1 rings (SSSR count). The second kappa shape index (κ2) is 6.99. The van der Waals surface area contributed by atoms with E-state index in [0.29, 0.717) is 5.92 Å². The molecule has 0 bridgehead atoms. The summed E-state index contributed by atoms with van der Waals surface area (Å²) in [6, 6.07) is 0. The molecule has 0 unspecified atom stereocenters. The van der Waals surface area contributed by atoms with Gasteiger partial charge in [-0.25, -0.2) is 4.98 Å². The van der Waals surface area contributed by atoms with Gasteiger partial charge in [0.1, 0.15) is 0 Å². The summed E-state index contributed by atoms with van der Waals surface area (Å²) >= 11 is 1.83. The molecule has 3 nitrogen and oxygen atoms in total. The summed E-state index contributed by atoms with van der Waals surface area (Å²) in [6.07, 6.45) is 2.09. The van der Waals surface area contributed by atoms with Gasteiger partial charge in [-0.2, -0.15) is 0 Å². The second-order valence-corrected chi connectivity index (χ2v) is 5.37. The van der Waals surface area contributed by atoms with E-state index >= 15 is 0 Å². The third-order valence-electron chi connectivity index (χ3n) is 2.40. The van der Waals surface area contributed by atoms with Crippen LogP contribution in [0.2, 0.25) is 0 Å². The van der Waals surface area contributed by atoms with Crippen LogP contribution in [0.3, 0.4) is 0 Å². The number of thiazole rings is 1.